The Balaban J connectivity index is 1.28. The van der Waals surface area contributed by atoms with Gasteiger partial charge in [-0.15, -0.1) is 0 Å². The van der Waals surface area contributed by atoms with Crippen LogP contribution in [0.1, 0.15) is 0 Å². The molecule has 0 saturated heterocycles. The fourth-order valence-corrected chi connectivity index (χ4v) is 6.92. The van der Waals surface area contributed by atoms with E-state index in [1.54, 1.807) is 0 Å². The van der Waals surface area contributed by atoms with E-state index in [0.717, 1.165) is 21.9 Å². The van der Waals surface area contributed by atoms with Gasteiger partial charge in [-0.1, -0.05) is 133 Å². The van der Waals surface area contributed by atoms with Gasteiger partial charge in [0.25, 0.3) is 0 Å². The first-order valence-corrected chi connectivity index (χ1v) is 14.8. The van der Waals surface area contributed by atoms with Crippen LogP contribution in [0, 0.1) is 0 Å². The van der Waals surface area contributed by atoms with Crippen molar-refractivity contribution >= 4 is 54.3 Å². The number of hydrogen-bond donors (Lipinski definition) is 0. The highest BCUT2D eigenvalue weighted by Gasteiger charge is 2.18. The number of benzene rings is 8. The lowest BCUT2D eigenvalue weighted by Gasteiger charge is -2.19. The average Bonchev–Trinajstić information content (AvgIpc) is 3.45. The highest BCUT2D eigenvalue weighted by atomic mass is 16.3. The first-order chi connectivity index (χ1) is 21.3. The Kier molecular flexibility index (Phi) is 5.27. The molecule has 0 bridgehead atoms. The topological polar surface area (TPSA) is 13.1 Å². The SMILES string of the molecule is c1ccc(-c2c3ccccc3c(-c3cccc4cc(-c5ccc6oc7ccccc7c6c5)ccc34)c3ccccc23)cc1. The zero-order valence-electron chi connectivity index (χ0n) is 23.4. The largest absolute Gasteiger partial charge is 0.456 e. The molecule has 0 atom stereocenters. The molecule has 0 spiro atoms. The summed E-state index contributed by atoms with van der Waals surface area (Å²) < 4.78 is 6.09. The van der Waals surface area contributed by atoms with Crippen molar-refractivity contribution in [2.45, 2.75) is 0 Å². The molecule has 0 unspecified atom stereocenters. The molecule has 200 valence electrons. The maximum atomic E-state index is 6.09. The molecule has 8 aromatic carbocycles. The zero-order chi connectivity index (χ0) is 28.3. The van der Waals surface area contributed by atoms with Crippen molar-refractivity contribution in [1.29, 1.82) is 0 Å². The lowest BCUT2D eigenvalue weighted by molar-refractivity contribution is 0.669. The molecule has 0 radical (unpaired) electrons. The van der Waals surface area contributed by atoms with Gasteiger partial charge in [0.1, 0.15) is 11.2 Å². The minimum absolute atomic E-state index is 0.922. The first-order valence-electron chi connectivity index (χ1n) is 14.8. The van der Waals surface area contributed by atoms with E-state index >= 15 is 0 Å². The van der Waals surface area contributed by atoms with Crippen LogP contribution in [0.15, 0.2) is 162 Å². The standard InChI is InChI=1S/C42H26O/c1-2-11-27(12-3-1)41-34-15-4-6-17-36(34)42(37-18-7-5-16-35(37)41)33-19-10-13-30-25-28(21-23-31(30)33)29-22-24-40-38(26-29)32-14-8-9-20-39(32)43-40/h1-26H. The van der Waals surface area contributed by atoms with Crippen molar-refractivity contribution in [3.05, 3.63) is 158 Å². The van der Waals surface area contributed by atoms with Crippen molar-refractivity contribution < 1.29 is 4.42 Å². The van der Waals surface area contributed by atoms with E-state index in [2.05, 4.69) is 146 Å². The highest BCUT2D eigenvalue weighted by molar-refractivity contribution is 6.23. The predicted octanol–water partition coefficient (Wildman–Crippen LogP) is 12.0. The molecule has 0 aliphatic rings. The molecule has 0 aliphatic carbocycles. The fraction of sp³-hybridized carbons (Fsp3) is 0. The minimum atomic E-state index is 0.922. The molecular formula is C42H26O. The van der Waals surface area contributed by atoms with E-state index in [-0.39, 0.29) is 0 Å². The third-order valence-electron chi connectivity index (χ3n) is 8.85. The normalized spacial score (nSPS) is 11.7. The monoisotopic (exact) mass is 546 g/mol. The van der Waals surface area contributed by atoms with Crippen LogP contribution in [-0.2, 0) is 0 Å². The molecule has 0 amide bonds. The summed E-state index contributed by atoms with van der Waals surface area (Å²) >= 11 is 0. The number of para-hydroxylation sites is 1. The van der Waals surface area contributed by atoms with Crippen LogP contribution in [0.25, 0.3) is 87.6 Å². The zero-order valence-corrected chi connectivity index (χ0v) is 23.4. The van der Waals surface area contributed by atoms with Crippen molar-refractivity contribution in [3.63, 3.8) is 0 Å². The van der Waals surface area contributed by atoms with Crippen LogP contribution in [0.5, 0.6) is 0 Å². The first kappa shape index (κ1) is 24.0. The van der Waals surface area contributed by atoms with Gasteiger partial charge >= 0.3 is 0 Å². The Labute approximate surface area is 249 Å². The van der Waals surface area contributed by atoms with Gasteiger partial charge in [-0.3, -0.25) is 0 Å². The van der Waals surface area contributed by atoms with Crippen molar-refractivity contribution in [3.8, 4) is 33.4 Å². The van der Waals surface area contributed by atoms with E-state index in [4.69, 9.17) is 4.42 Å². The van der Waals surface area contributed by atoms with E-state index in [1.165, 1.54) is 65.7 Å². The molecule has 0 N–H and O–H groups in total. The Morgan fingerprint density at radius 1 is 0.302 bits per heavy atom. The lowest BCUT2D eigenvalue weighted by atomic mass is 9.84. The van der Waals surface area contributed by atoms with Gasteiger partial charge in [0.15, 0.2) is 0 Å². The van der Waals surface area contributed by atoms with E-state index < -0.39 is 0 Å². The summed E-state index contributed by atoms with van der Waals surface area (Å²) in [6, 6.07) is 56.9. The maximum absolute atomic E-state index is 6.09. The van der Waals surface area contributed by atoms with Gasteiger partial charge in [0, 0.05) is 10.8 Å². The van der Waals surface area contributed by atoms with Crippen LogP contribution >= 0.6 is 0 Å². The second kappa shape index (κ2) is 9.44. The van der Waals surface area contributed by atoms with Crippen LogP contribution in [-0.4, -0.2) is 0 Å². The molecule has 43 heavy (non-hydrogen) atoms. The van der Waals surface area contributed by atoms with Crippen LogP contribution in [0.2, 0.25) is 0 Å². The van der Waals surface area contributed by atoms with Crippen LogP contribution < -0.4 is 0 Å². The van der Waals surface area contributed by atoms with Crippen LogP contribution in [0.3, 0.4) is 0 Å². The molecule has 1 nitrogen and oxygen atoms in total. The fourth-order valence-electron chi connectivity index (χ4n) is 6.92. The number of furan rings is 1. The number of rotatable bonds is 3. The Hall–Kier alpha value is -5.66. The second-order valence-electron chi connectivity index (χ2n) is 11.3. The van der Waals surface area contributed by atoms with Crippen molar-refractivity contribution in [2.75, 3.05) is 0 Å². The van der Waals surface area contributed by atoms with Gasteiger partial charge in [-0.05, 0) is 90.0 Å². The molecule has 0 fully saturated rings. The summed E-state index contributed by atoms with van der Waals surface area (Å²) in [5, 5.41) is 9.88. The van der Waals surface area contributed by atoms with Gasteiger partial charge in [0.05, 0.1) is 0 Å². The van der Waals surface area contributed by atoms with Gasteiger partial charge < -0.3 is 4.42 Å². The van der Waals surface area contributed by atoms with Crippen molar-refractivity contribution in [2.24, 2.45) is 0 Å². The highest BCUT2D eigenvalue weighted by Crippen LogP contribution is 2.45. The second-order valence-corrected chi connectivity index (χ2v) is 11.3. The lowest BCUT2D eigenvalue weighted by Crippen LogP contribution is -1.91. The maximum Gasteiger partial charge on any atom is 0.135 e. The molecule has 0 aliphatic heterocycles. The third kappa shape index (κ3) is 3.72. The average molecular weight is 547 g/mol. The minimum Gasteiger partial charge on any atom is -0.456 e. The predicted molar refractivity (Wildman–Crippen MR) is 183 cm³/mol. The molecule has 9 rings (SSSR count). The smallest absolute Gasteiger partial charge is 0.135 e. The summed E-state index contributed by atoms with van der Waals surface area (Å²) in [4.78, 5) is 0. The Morgan fingerprint density at radius 3 is 1.63 bits per heavy atom. The summed E-state index contributed by atoms with van der Waals surface area (Å²) in [5.74, 6) is 0. The van der Waals surface area contributed by atoms with Gasteiger partial charge in [-0.25, -0.2) is 0 Å². The van der Waals surface area contributed by atoms with Gasteiger partial charge in [0.2, 0.25) is 0 Å². The molecular weight excluding hydrogens is 520 g/mol. The molecule has 1 heteroatoms. The van der Waals surface area contributed by atoms with Gasteiger partial charge in [-0.2, -0.15) is 0 Å². The molecule has 1 aromatic heterocycles. The molecule has 9 aromatic rings. The summed E-state index contributed by atoms with van der Waals surface area (Å²) in [6.45, 7) is 0. The van der Waals surface area contributed by atoms with E-state index in [1.807, 2.05) is 12.1 Å². The van der Waals surface area contributed by atoms with Crippen LogP contribution in [0.4, 0.5) is 0 Å². The third-order valence-corrected chi connectivity index (χ3v) is 8.85. The summed E-state index contributed by atoms with van der Waals surface area (Å²) in [7, 11) is 0. The quantitative estimate of drug-likeness (QED) is 0.201. The molecule has 0 saturated carbocycles. The summed E-state index contributed by atoms with van der Waals surface area (Å²) in [6.07, 6.45) is 0. The molecule has 1 heterocycles. The number of hydrogen-bond acceptors (Lipinski definition) is 1. The van der Waals surface area contributed by atoms with E-state index in [9.17, 15) is 0 Å². The number of fused-ring (bicyclic) bond motifs is 6. The summed E-state index contributed by atoms with van der Waals surface area (Å²) in [5.41, 5.74) is 9.32. The Morgan fingerprint density at radius 2 is 0.884 bits per heavy atom. The Bertz CT molecular complexity index is 2440. The van der Waals surface area contributed by atoms with Crippen molar-refractivity contribution in [1.82, 2.24) is 0 Å². The van der Waals surface area contributed by atoms with E-state index in [0.29, 0.717) is 0 Å².